The van der Waals surface area contributed by atoms with Crippen molar-refractivity contribution in [3.05, 3.63) is 200 Å². The van der Waals surface area contributed by atoms with Crippen molar-refractivity contribution in [2.75, 3.05) is 4.90 Å². The van der Waals surface area contributed by atoms with Crippen molar-refractivity contribution in [3.8, 4) is 33.4 Å². The predicted octanol–water partition coefficient (Wildman–Crippen LogP) is 14.8. The first-order valence-electron chi connectivity index (χ1n) is 17.8. The van der Waals surface area contributed by atoms with Gasteiger partial charge < -0.3 is 4.90 Å². The Morgan fingerprint density at radius 1 is 0.308 bits per heavy atom. The Bertz CT molecular complexity index is 2860. The molecule has 0 N–H and O–H groups in total. The SMILES string of the molecule is c1ccc(-c2ccc(N(c3ccc(-c4cccc5ccccc45)cc3)c3ccc(-c4cccc5ccc6c7ccccc7sc6c45)cc3)cc2)cc1. The molecule has 1 heterocycles. The summed E-state index contributed by atoms with van der Waals surface area (Å²) in [6.45, 7) is 0. The molecule has 0 aliphatic carbocycles. The van der Waals surface area contributed by atoms with Gasteiger partial charge in [-0.3, -0.25) is 0 Å². The molecule has 9 aromatic carbocycles. The Hall–Kier alpha value is -6.48. The van der Waals surface area contributed by atoms with Crippen molar-refractivity contribution in [1.82, 2.24) is 0 Å². The van der Waals surface area contributed by atoms with Gasteiger partial charge in [-0.2, -0.15) is 0 Å². The van der Waals surface area contributed by atoms with Crippen LogP contribution in [0.5, 0.6) is 0 Å². The lowest BCUT2D eigenvalue weighted by Crippen LogP contribution is -2.09. The van der Waals surface area contributed by atoms with Crippen LogP contribution in [-0.2, 0) is 0 Å². The number of fused-ring (bicyclic) bond motifs is 6. The van der Waals surface area contributed by atoms with Crippen molar-refractivity contribution < 1.29 is 0 Å². The zero-order valence-corrected chi connectivity index (χ0v) is 29.2. The highest BCUT2D eigenvalue weighted by Crippen LogP contribution is 2.43. The Morgan fingerprint density at radius 2 is 0.827 bits per heavy atom. The molecule has 1 nitrogen and oxygen atoms in total. The fraction of sp³-hybridized carbons (Fsp3) is 0. The van der Waals surface area contributed by atoms with E-state index in [1.807, 2.05) is 11.3 Å². The lowest BCUT2D eigenvalue weighted by atomic mass is 9.96. The Kier molecular flexibility index (Phi) is 7.41. The second-order valence-electron chi connectivity index (χ2n) is 13.3. The van der Waals surface area contributed by atoms with Gasteiger partial charge in [-0.05, 0) is 92.0 Å². The van der Waals surface area contributed by atoms with Crippen LogP contribution < -0.4 is 4.90 Å². The van der Waals surface area contributed by atoms with E-state index in [4.69, 9.17) is 0 Å². The molecule has 0 spiro atoms. The van der Waals surface area contributed by atoms with Gasteiger partial charge in [0.1, 0.15) is 0 Å². The highest BCUT2D eigenvalue weighted by molar-refractivity contribution is 7.26. The minimum Gasteiger partial charge on any atom is -0.311 e. The van der Waals surface area contributed by atoms with Crippen molar-refractivity contribution >= 4 is 70.1 Å². The molecule has 0 radical (unpaired) electrons. The van der Waals surface area contributed by atoms with Crippen molar-refractivity contribution in [3.63, 3.8) is 0 Å². The van der Waals surface area contributed by atoms with Gasteiger partial charge in [0.25, 0.3) is 0 Å². The van der Waals surface area contributed by atoms with E-state index in [1.54, 1.807) is 0 Å². The molecule has 10 aromatic rings. The fourth-order valence-corrected chi connectivity index (χ4v) is 9.00. The fourth-order valence-electron chi connectivity index (χ4n) is 7.73. The number of anilines is 3. The molecule has 0 unspecified atom stereocenters. The van der Waals surface area contributed by atoms with Gasteiger partial charge in [-0.15, -0.1) is 11.3 Å². The third kappa shape index (κ3) is 5.24. The van der Waals surface area contributed by atoms with Crippen LogP contribution in [0.3, 0.4) is 0 Å². The summed E-state index contributed by atoms with van der Waals surface area (Å²) >= 11 is 1.89. The van der Waals surface area contributed by atoms with Gasteiger partial charge in [0, 0.05) is 42.6 Å². The normalized spacial score (nSPS) is 11.5. The molecular weight excluding hydrogens is 647 g/mol. The lowest BCUT2D eigenvalue weighted by molar-refractivity contribution is 1.28. The smallest absolute Gasteiger partial charge is 0.0462 e. The molecule has 0 atom stereocenters. The highest BCUT2D eigenvalue weighted by Gasteiger charge is 2.16. The third-order valence-corrected chi connectivity index (χ3v) is 11.5. The highest BCUT2D eigenvalue weighted by atomic mass is 32.1. The Labute approximate surface area is 307 Å². The van der Waals surface area contributed by atoms with Crippen LogP contribution in [0.25, 0.3) is 75.1 Å². The summed E-state index contributed by atoms with van der Waals surface area (Å²) in [6.07, 6.45) is 0. The summed E-state index contributed by atoms with van der Waals surface area (Å²) in [5.74, 6) is 0. The molecule has 244 valence electrons. The first kappa shape index (κ1) is 30.4. The summed E-state index contributed by atoms with van der Waals surface area (Å²) in [5.41, 5.74) is 10.7. The van der Waals surface area contributed by atoms with E-state index in [2.05, 4.69) is 205 Å². The molecule has 0 saturated carbocycles. The molecule has 1 aromatic heterocycles. The van der Waals surface area contributed by atoms with Crippen LogP contribution in [0.2, 0.25) is 0 Å². The zero-order valence-electron chi connectivity index (χ0n) is 28.4. The average Bonchev–Trinajstić information content (AvgIpc) is 3.61. The second-order valence-corrected chi connectivity index (χ2v) is 14.4. The van der Waals surface area contributed by atoms with Crippen LogP contribution >= 0.6 is 11.3 Å². The van der Waals surface area contributed by atoms with E-state index >= 15 is 0 Å². The number of rotatable bonds is 6. The summed E-state index contributed by atoms with van der Waals surface area (Å²) < 4.78 is 2.68. The largest absolute Gasteiger partial charge is 0.311 e. The number of benzene rings is 9. The summed E-state index contributed by atoms with van der Waals surface area (Å²) in [5, 5.41) is 7.77. The zero-order chi connectivity index (χ0) is 34.4. The van der Waals surface area contributed by atoms with Crippen molar-refractivity contribution in [1.29, 1.82) is 0 Å². The van der Waals surface area contributed by atoms with Gasteiger partial charge in [-0.25, -0.2) is 0 Å². The van der Waals surface area contributed by atoms with E-state index < -0.39 is 0 Å². The molecule has 52 heavy (non-hydrogen) atoms. The van der Waals surface area contributed by atoms with Gasteiger partial charge in [0.15, 0.2) is 0 Å². The summed E-state index contributed by atoms with van der Waals surface area (Å²) in [7, 11) is 0. The van der Waals surface area contributed by atoms with Gasteiger partial charge in [-0.1, -0.05) is 158 Å². The molecule has 0 saturated heterocycles. The van der Waals surface area contributed by atoms with E-state index in [0.717, 1.165) is 17.1 Å². The second kappa shape index (κ2) is 12.7. The third-order valence-electron chi connectivity index (χ3n) is 10.3. The Balaban J connectivity index is 1.07. The van der Waals surface area contributed by atoms with E-state index in [-0.39, 0.29) is 0 Å². The number of hydrogen-bond donors (Lipinski definition) is 0. The molecule has 0 fully saturated rings. The predicted molar refractivity (Wildman–Crippen MR) is 225 cm³/mol. The summed E-state index contributed by atoms with van der Waals surface area (Å²) in [4.78, 5) is 2.36. The molecule has 0 bridgehead atoms. The van der Waals surface area contributed by atoms with Crippen LogP contribution in [0.15, 0.2) is 200 Å². The first-order valence-corrected chi connectivity index (χ1v) is 18.6. The van der Waals surface area contributed by atoms with E-state index in [9.17, 15) is 0 Å². The number of hydrogen-bond acceptors (Lipinski definition) is 2. The van der Waals surface area contributed by atoms with E-state index in [1.165, 1.54) is 75.1 Å². The van der Waals surface area contributed by atoms with Crippen molar-refractivity contribution in [2.45, 2.75) is 0 Å². The van der Waals surface area contributed by atoms with Crippen molar-refractivity contribution in [2.24, 2.45) is 0 Å². The van der Waals surface area contributed by atoms with E-state index in [0.29, 0.717) is 0 Å². The molecule has 0 aliphatic heterocycles. The van der Waals surface area contributed by atoms with Crippen LogP contribution in [-0.4, -0.2) is 0 Å². The average molecular weight is 680 g/mol. The van der Waals surface area contributed by atoms with Crippen LogP contribution in [0.4, 0.5) is 17.1 Å². The van der Waals surface area contributed by atoms with Crippen LogP contribution in [0, 0.1) is 0 Å². The van der Waals surface area contributed by atoms with Gasteiger partial charge in [0.2, 0.25) is 0 Å². The molecule has 2 heteroatoms. The minimum atomic E-state index is 1.11. The maximum absolute atomic E-state index is 2.36. The van der Waals surface area contributed by atoms with Crippen LogP contribution in [0.1, 0.15) is 0 Å². The quantitative estimate of drug-likeness (QED) is 0.169. The number of nitrogens with zero attached hydrogens (tertiary/aromatic N) is 1. The maximum Gasteiger partial charge on any atom is 0.0462 e. The first-order chi connectivity index (χ1) is 25.8. The van der Waals surface area contributed by atoms with Gasteiger partial charge >= 0.3 is 0 Å². The standard InChI is InChI=1S/C50H33NS/c1-2-10-34(11-3-1)35-20-27-40(28-21-35)51(41-29-22-37(23-30-41)44-17-8-13-36-12-4-5-15-43(36)44)42-31-24-38(25-32-42)45-18-9-14-39-26-33-47-46-16-6-7-19-48(46)52-50(47)49(39)45/h1-33H. The monoisotopic (exact) mass is 679 g/mol. The summed E-state index contributed by atoms with van der Waals surface area (Å²) in [6, 6.07) is 72.8. The molecule has 0 amide bonds. The van der Waals surface area contributed by atoms with Gasteiger partial charge in [0.05, 0.1) is 0 Å². The molecular formula is C50H33NS. The topological polar surface area (TPSA) is 3.24 Å². The lowest BCUT2D eigenvalue weighted by Gasteiger charge is -2.26. The molecule has 0 aliphatic rings. The number of thiophene rings is 1. The minimum absolute atomic E-state index is 1.11. The molecule has 10 rings (SSSR count). The Morgan fingerprint density at radius 3 is 1.54 bits per heavy atom. The maximum atomic E-state index is 2.36.